The molecule has 1 saturated carbocycles. The maximum atomic E-state index is 10.9. The van der Waals surface area contributed by atoms with E-state index >= 15 is 0 Å². The fraction of sp³-hybridized carbons (Fsp3) is 0.700. The van der Waals surface area contributed by atoms with E-state index in [2.05, 4.69) is 5.32 Å². The van der Waals surface area contributed by atoms with Crippen LogP contribution in [0.4, 0.5) is 4.79 Å². The van der Waals surface area contributed by atoms with Gasteiger partial charge in [-0.3, -0.25) is 0 Å². The minimum atomic E-state index is -3.05. The molecule has 0 spiro atoms. The van der Waals surface area contributed by atoms with E-state index in [9.17, 15) is 13.2 Å². The Morgan fingerprint density at radius 3 is 2.31 bits per heavy atom. The highest BCUT2D eigenvalue weighted by Crippen LogP contribution is 2.25. The van der Waals surface area contributed by atoms with E-state index in [0.717, 1.165) is 25.7 Å². The number of nitrogens with one attached hydrogen (secondary N) is 1. The second-order valence-electron chi connectivity index (χ2n) is 4.22. The number of allylic oxidation sites excluding steroid dienone is 1. The molecule has 0 unspecified atom stereocenters. The third-order valence-corrected chi connectivity index (χ3v) is 3.35. The second kappa shape index (κ2) is 5.34. The molecule has 0 aromatic heterocycles. The van der Waals surface area contributed by atoms with Crippen LogP contribution in [0, 0.1) is 5.92 Å². The van der Waals surface area contributed by atoms with Crippen molar-refractivity contribution in [3.8, 4) is 0 Å². The molecule has 0 aromatic carbocycles. The minimum absolute atomic E-state index is 0.0142. The predicted octanol–water partition coefficient (Wildman–Crippen LogP) is 1.37. The van der Waals surface area contributed by atoms with Gasteiger partial charge in [-0.25, -0.2) is 13.2 Å². The van der Waals surface area contributed by atoms with Gasteiger partial charge in [-0.05, 0) is 31.6 Å². The summed E-state index contributed by atoms with van der Waals surface area (Å²) < 4.78 is 21.8. The number of rotatable bonds is 3. The molecule has 0 aliphatic heterocycles. The minimum Gasteiger partial charge on any atom is -0.465 e. The molecule has 0 heterocycles. The summed E-state index contributed by atoms with van der Waals surface area (Å²) in [4.78, 5) is 10.4. The summed E-state index contributed by atoms with van der Waals surface area (Å²) >= 11 is 0. The van der Waals surface area contributed by atoms with Gasteiger partial charge in [0.1, 0.15) is 0 Å². The highest BCUT2D eigenvalue weighted by Gasteiger charge is 2.20. The van der Waals surface area contributed by atoms with Crippen molar-refractivity contribution in [2.75, 3.05) is 6.26 Å². The van der Waals surface area contributed by atoms with E-state index in [1.807, 2.05) is 0 Å². The third kappa shape index (κ3) is 5.16. The molecule has 0 radical (unpaired) electrons. The van der Waals surface area contributed by atoms with E-state index in [1.54, 1.807) is 6.08 Å². The lowest BCUT2D eigenvalue weighted by Crippen LogP contribution is -2.36. The number of amides is 1. The summed E-state index contributed by atoms with van der Waals surface area (Å²) in [5, 5.41) is 12.2. The summed E-state index contributed by atoms with van der Waals surface area (Å²) in [6.07, 6.45) is 5.09. The Bertz CT molecular complexity index is 366. The maximum absolute atomic E-state index is 10.9. The van der Waals surface area contributed by atoms with Crippen LogP contribution < -0.4 is 5.32 Å². The van der Waals surface area contributed by atoms with Crippen molar-refractivity contribution < 1.29 is 18.3 Å². The fourth-order valence-corrected chi connectivity index (χ4v) is 2.39. The molecule has 16 heavy (non-hydrogen) atoms. The van der Waals surface area contributed by atoms with E-state index < -0.39 is 15.9 Å². The van der Waals surface area contributed by atoms with Crippen molar-refractivity contribution in [1.82, 2.24) is 5.32 Å². The molecule has 1 amide bonds. The van der Waals surface area contributed by atoms with Crippen LogP contribution in [-0.4, -0.2) is 31.9 Å². The molecule has 1 aliphatic carbocycles. The number of carboxylic acid groups (broad SMARTS) is 1. The molecule has 6 heteroatoms. The molecule has 0 atom stereocenters. The molecule has 0 saturated heterocycles. The van der Waals surface area contributed by atoms with Crippen LogP contribution in [0.1, 0.15) is 25.7 Å². The van der Waals surface area contributed by atoms with Gasteiger partial charge in [-0.2, -0.15) is 0 Å². The highest BCUT2D eigenvalue weighted by atomic mass is 32.2. The zero-order valence-corrected chi connectivity index (χ0v) is 10.0. The lowest BCUT2D eigenvalue weighted by molar-refractivity contribution is 0.184. The van der Waals surface area contributed by atoms with E-state index in [1.165, 1.54) is 11.7 Å². The summed E-state index contributed by atoms with van der Waals surface area (Å²) in [6.45, 7) is 0. The van der Waals surface area contributed by atoms with E-state index in [4.69, 9.17) is 5.11 Å². The lowest BCUT2D eigenvalue weighted by atomic mass is 9.86. The summed E-state index contributed by atoms with van der Waals surface area (Å²) in [5.74, 6) is 0.251. The van der Waals surface area contributed by atoms with Gasteiger partial charge in [0.2, 0.25) is 0 Å². The molecule has 0 bridgehead atoms. The van der Waals surface area contributed by atoms with Crippen molar-refractivity contribution in [3.63, 3.8) is 0 Å². The zero-order valence-electron chi connectivity index (χ0n) is 9.22. The van der Waals surface area contributed by atoms with Gasteiger partial charge in [0.15, 0.2) is 9.84 Å². The molecular formula is C10H17NO4S. The zero-order chi connectivity index (χ0) is 12.2. The number of hydrogen-bond donors (Lipinski definition) is 2. The molecular weight excluding hydrogens is 230 g/mol. The van der Waals surface area contributed by atoms with Crippen molar-refractivity contribution in [2.24, 2.45) is 5.92 Å². The SMILES string of the molecule is CS(=O)(=O)/C=C/C1CCC(NC(=O)O)CC1. The van der Waals surface area contributed by atoms with Gasteiger partial charge in [0.05, 0.1) is 0 Å². The first kappa shape index (κ1) is 13.0. The summed E-state index contributed by atoms with van der Waals surface area (Å²) in [7, 11) is -3.05. The van der Waals surface area contributed by atoms with Crippen LogP contribution >= 0.6 is 0 Å². The van der Waals surface area contributed by atoms with E-state index in [-0.39, 0.29) is 12.0 Å². The van der Waals surface area contributed by atoms with Crippen molar-refractivity contribution in [1.29, 1.82) is 0 Å². The van der Waals surface area contributed by atoms with Crippen molar-refractivity contribution >= 4 is 15.9 Å². The molecule has 1 rings (SSSR count). The summed E-state index contributed by atoms with van der Waals surface area (Å²) in [5.41, 5.74) is 0. The Kier molecular flexibility index (Phi) is 4.35. The highest BCUT2D eigenvalue weighted by molar-refractivity contribution is 7.93. The lowest BCUT2D eigenvalue weighted by Gasteiger charge is -2.26. The van der Waals surface area contributed by atoms with Gasteiger partial charge in [0.25, 0.3) is 0 Å². The Balaban J connectivity index is 2.38. The van der Waals surface area contributed by atoms with Crippen molar-refractivity contribution in [3.05, 3.63) is 11.5 Å². The Morgan fingerprint density at radius 1 is 1.31 bits per heavy atom. The third-order valence-electron chi connectivity index (χ3n) is 2.70. The van der Waals surface area contributed by atoms with Crippen LogP contribution in [0.5, 0.6) is 0 Å². The van der Waals surface area contributed by atoms with Crippen LogP contribution in [-0.2, 0) is 9.84 Å². The maximum Gasteiger partial charge on any atom is 0.404 e. The Hall–Kier alpha value is -1.04. The molecule has 1 fully saturated rings. The largest absolute Gasteiger partial charge is 0.465 e. The quantitative estimate of drug-likeness (QED) is 0.789. The molecule has 2 N–H and O–H groups in total. The standard InChI is InChI=1S/C10H17NO4S/c1-16(14,15)7-6-8-2-4-9(5-3-8)11-10(12)13/h6-9,11H,2-5H2,1H3,(H,12,13)/b7-6+. The van der Waals surface area contributed by atoms with Crippen molar-refractivity contribution in [2.45, 2.75) is 31.7 Å². The van der Waals surface area contributed by atoms with Gasteiger partial charge >= 0.3 is 6.09 Å². The van der Waals surface area contributed by atoms with Gasteiger partial charge in [0, 0.05) is 17.7 Å². The molecule has 92 valence electrons. The number of carbonyl (C=O) groups is 1. The Morgan fingerprint density at radius 2 is 1.88 bits per heavy atom. The summed E-state index contributed by atoms with van der Waals surface area (Å²) in [6, 6.07) is 0.0142. The first-order valence-corrected chi connectivity index (χ1v) is 7.20. The van der Waals surface area contributed by atoms with Crippen LogP contribution in [0.2, 0.25) is 0 Å². The fourth-order valence-electron chi connectivity index (χ4n) is 1.88. The van der Waals surface area contributed by atoms with Gasteiger partial charge < -0.3 is 10.4 Å². The van der Waals surface area contributed by atoms with Gasteiger partial charge in [-0.1, -0.05) is 6.08 Å². The second-order valence-corrected chi connectivity index (χ2v) is 6.15. The monoisotopic (exact) mass is 247 g/mol. The van der Waals surface area contributed by atoms with Crippen LogP contribution in [0.25, 0.3) is 0 Å². The average molecular weight is 247 g/mol. The molecule has 0 aromatic rings. The van der Waals surface area contributed by atoms with Gasteiger partial charge in [-0.15, -0.1) is 0 Å². The predicted molar refractivity (Wildman–Crippen MR) is 60.9 cm³/mol. The first-order valence-electron chi connectivity index (χ1n) is 5.24. The smallest absolute Gasteiger partial charge is 0.404 e. The molecule has 1 aliphatic rings. The Labute approximate surface area is 95.5 Å². The van der Waals surface area contributed by atoms with Crippen LogP contribution in [0.15, 0.2) is 11.5 Å². The molecule has 5 nitrogen and oxygen atoms in total. The normalized spacial score (nSPS) is 26.8. The number of hydrogen-bond acceptors (Lipinski definition) is 3. The topological polar surface area (TPSA) is 83.5 Å². The number of sulfone groups is 1. The van der Waals surface area contributed by atoms with Crippen LogP contribution in [0.3, 0.4) is 0 Å². The average Bonchev–Trinajstić information content (AvgIpc) is 2.14. The first-order chi connectivity index (χ1) is 7.37. The van der Waals surface area contributed by atoms with E-state index in [0.29, 0.717) is 0 Å².